The molecule has 6 nitrogen and oxygen atoms in total. The minimum Gasteiger partial charge on any atom is -0.481 e. The Morgan fingerprint density at radius 1 is 1.50 bits per heavy atom. The molecule has 0 spiro atoms. The first-order valence-corrected chi connectivity index (χ1v) is 4.58. The predicted octanol–water partition coefficient (Wildman–Crippen LogP) is 0.282. The number of rotatable bonds is 3. The first-order chi connectivity index (χ1) is 7.61. The van der Waals surface area contributed by atoms with Crippen LogP contribution >= 0.6 is 0 Å². The molecule has 2 aromatic rings. The summed E-state index contributed by atoms with van der Waals surface area (Å²) in [6, 6.07) is 4.48. The highest BCUT2D eigenvalue weighted by Crippen LogP contribution is 2.20. The van der Waals surface area contributed by atoms with Crippen molar-refractivity contribution in [1.82, 2.24) is 4.98 Å². The quantitative estimate of drug-likeness (QED) is 0.693. The van der Waals surface area contributed by atoms with Gasteiger partial charge in [-0.15, -0.1) is 0 Å². The van der Waals surface area contributed by atoms with E-state index in [4.69, 9.17) is 14.6 Å². The summed E-state index contributed by atoms with van der Waals surface area (Å²) in [5, 5.41) is 17.8. The van der Waals surface area contributed by atoms with Gasteiger partial charge >= 0.3 is 11.7 Å². The Bertz CT molecular complexity index is 582. The lowest BCUT2D eigenvalue weighted by molar-refractivity contribution is -0.139. The summed E-state index contributed by atoms with van der Waals surface area (Å²) < 4.78 is 4.78. The van der Waals surface area contributed by atoms with Crippen molar-refractivity contribution in [2.24, 2.45) is 0 Å². The lowest BCUT2D eigenvalue weighted by Crippen LogP contribution is -2.15. The Hall–Kier alpha value is -2.08. The second-order valence-corrected chi connectivity index (χ2v) is 3.34. The van der Waals surface area contributed by atoms with E-state index in [1.54, 1.807) is 0 Å². The number of nitrogens with one attached hydrogen (secondary N) is 1. The fraction of sp³-hybridized carbons (Fsp3) is 0.200. The highest BCUT2D eigenvalue weighted by atomic mass is 16.4. The maximum absolute atomic E-state index is 10.9. The van der Waals surface area contributed by atoms with E-state index in [1.807, 2.05) is 0 Å². The van der Waals surface area contributed by atoms with E-state index in [-0.39, 0.29) is 0 Å². The van der Waals surface area contributed by atoms with Crippen LogP contribution in [0.1, 0.15) is 11.5 Å². The molecule has 3 N–H and O–H groups in total. The number of aliphatic carboxylic acids is 1. The monoisotopic (exact) mass is 223 g/mol. The van der Waals surface area contributed by atoms with Gasteiger partial charge in [0, 0.05) is 0 Å². The van der Waals surface area contributed by atoms with Crippen molar-refractivity contribution in [1.29, 1.82) is 0 Å². The predicted molar refractivity (Wildman–Crippen MR) is 54.3 cm³/mol. The van der Waals surface area contributed by atoms with E-state index < -0.39 is 24.3 Å². The molecule has 0 fully saturated rings. The van der Waals surface area contributed by atoms with Gasteiger partial charge in [0.25, 0.3) is 0 Å². The van der Waals surface area contributed by atoms with Crippen LogP contribution in [0.2, 0.25) is 0 Å². The third kappa shape index (κ3) is 1.70. The number of hydrogen-bond donors (Lipinski definition) is 3. The summed E-state index contributed by atoms with van der Waals surface area (Å²) >= 11 is 0. The number of carboxylic acids is 1. The Kier molecular flexibility index (Phi) is 2.49. The van der Waals surface area contributed by atoms with Gasteiger partial charge in [-0.05, 0) is 17.7 Å². The van der Waals surface area contributed by atoms with Crippen LogP contribution in [0.25, 0.3) is 11.1 Å². The summed E-state index contributed by atoms with van der Waals surface area (Å²) in [5.41, 5.74) is 1.19. The molecule has 1 aromatic carbocycles. The fourth-order valence-corrected chi connectivity index (χ4v) is 1.51. The molecule has 2 rings (SSSR count). The number of carboxylic acid groups (broad SMARTS) is 1. The van der Waals surface area contributed by atoms with Gasteiger partial charge in [-0.1, -0.05) is 6.07 Å². The second kappa shape index (κ2) is 3.82. The molecule has 1 aromatic heterocycles. The maximum Gasteiger partial charge on any atom is 0.417 e. The molecule has 0 radical (unpaired) electrons. The van der Waals surface area contributed by atoms with Gasteiger partial charge in [0.05, 0.1) is 12.1 Å². The number of aliphatic hydroxyl groups is 1. The molecule has 0 saturated heterocycles. The van der Waals surface area contributed by atoms with E-state index >= 15 is 0 Å². The van der Waals surface area contributed by atoms with Crippen molar-refractivity contribution >= 4 is 17.1 Å². The van der Waals surface area contributed by atoms with Crippen molar-refractivity contribution in [3.63, 3.8) is 0 Å². The van der Waals surface area contributed by atoms with Crippen LogP contribution in [0.5, 0.6) is 0 Å². The van der Waals surface area contributed by atoms with Gasteiger partial charge in [-0.3, -0.25) is 9.78 Å². The number of aromatic nitrogens is 1. The van der Waals surface area contributed by atoms with Crippen LogP contribution in [0.3, 0.4) is 0 Å². The number of H-pyrrole nitrogens is 1. The van der Waals surface area contributed by atoms with Crippen molar-refractivity contribution < 1.29 is 19.4 Å². The van der Waals surface area contributed by atoms with Crippen LogP contribution in [-0.2, 0) is 4.79 Å². The zero-order valence-corrected chi connectivity index (χ0v) is 8.14. The minimum atomic E-state index is -1.12. The molecule has 0 aliphatic heterocycles. The summed E-state index contributed by atoms with van der Waals surface area (Å²) in [7, 11) is 0. The van der Waals surface area contributed by atoms with Crippen LogP contribution in [-0.4, -0.2) is 27.8 Å². The lowest BCUT2D eigenvalue weighted by Gasteiger charge is -2.08. The maximum atomic E-state index is 10.9. The molecule has 0 aliphatic rings. The molecule has 0 bridgehead atoms. The first-order valence-electron chi connectivity index (χ1n) is 4.58. The highest BCUT2D eigenvalue weighted by molar-refractivity contribution is 5.80. The zero-order valence-electron chi connectivity index (χ0n) is 8.14. The normalized spacial score (nSPS) is 12.8. The molecule has 16 heavy (non-hydrogen) atoms. The van der Waals surface area contributed by atoms with E-state index in [0.29, 0.717) is 16.7 Å². The molecule has 0 saturated carbocycles. The summed E-state index contributed by atoms with van der Waals surface area (Å²) in [6.07, 6.45) is 0. The SMILES string of the molecule is O=C(O)C(CO)c1ccc2oc(=O)[nH]c2c1. The third-order valence-corrected chi connectivity index (χ3v) is 2.33. The van der Waals surface area contributed by atoms with Crippen molar-refractivity contribution in [3.8, 4) is 0 Å². The van der Waals surface area contributed by atoms with Gasteiger partial charge in [-0.25, -0.2) is 4.79 Å². The van der Waals surface area contributed by atoms with Crippen molar-refractivity contribution in [2.45, 2.75) is 5.92 Å². The largest absolute Gasteiger partial charge is 0.481 e. The average Bonchev–Trinajstić information content (AvgIpc) is 2.57. The topological polar surface area (TPSA) is 104 Å². The molecule has 0 aliphatic carbocycles. The smallest absolute Gasteiger partial charge is 0.417 e. The van der Waals surface area contributed by atoms with Crippen LogP contribution in [0.4, 0.5) is 0 Å². The van der Waals surface area contributed by atoms with Crippen molar-refractivity contribution in [2.75, 3.05) is 6.61 Å². The molecule has 1 heterocycles. The number of carbonyl (C=O) groups is 1. The second-order valence-electron chi connectivity index (χ2n) is 3.34. The highest BCUT2D eigenvalue weighted by Gasteiger charge is 2.19. The zero-order chi connectivity index (χ0) is 11.7. The fourth-order valence-electron chi connectivity index (χ4n) is 1.51. The summed E-state index contributed by atoms with van der Waals surface area (Å²) in [4.78, 5) is 24.1. The summed E-state index contributed by atoms with van der Waals surface area (Å²) in [5.74, 6) is -2.71. The van der Waals surface area contributed by atoms with E-state index in [9.17, 15) is 9.59 Å². The molecule has 6 heteroatoms. The number of hydrogen-bond acceptors (Lipinski definition) is 4. The summed E-state index contributed by atoms with van der Waals surface area (Å²) in [6.45, 7) is -0.497. The van der Waals surface area contributed by atoms with E-state index in [2.05, 4.69) is 4.98 Å². The Morgan fingerprint density at radius 3 is 2.88 bits per heavy atom. The third-order valence-electron chi connectivity index (χ3n) is 2.33. The molecule has 1 atom stereocenters. The molecule has 84 valence electrons. The Balaban J connectivity index is 2.53. The number of oxazole rings is 1. The molecule has 0 amide bonds. The lowest BCUT2D eigenvalue weighted by atomic mass is 10.00. The molecule has 1 unspecified atom stereocenters. The van der Waals surface area contributed by atoms with Gasteiger partial charge in [0.1, 0.15) is 5.92 Å². The minimum absolute atomic E-state index is 0.357. The van der Waals surface area contributed by atoms with Gasteiger partial charge in [-0.2, -0.15) is 0 Å². The van der Waals surface area contributed by atoms with Crippen LogP contribution < -0.4 is 5.76 Å². The number of aliphatic hydroxyl groups excluding tert-OH is 1. The van der Waals surface area contributed by atoms with Gasteiger partial charge in [0.15, 0.2) is 5.58 Å². The van der Waals surface area contributed by atoms with Gasteiger partial charge < -0.3 is 14.6 Å². The Labute approximate surface area is 89.1 Å². The van der Waals surface area contributed by atoms with Crippen LogP contribution in [0, 0.1) is 0 Å². The number of benzene rings is 1. The molecular formula is C10H9NO5. The van der Waals surface area contributed by atoms with Crippen LogP contribution in [0.15, 0.2) is 27.4 Å². The standard InChI is InChI=1S/C10H9NO5/c12-4-6(9(13)14)5-1-2-8-7(3-5)11-10(15)16-8/h1-3,6,12H,4H2,(H,11,15)(H,13,14). The Morgan fingerprint density at radius 2 is 2.25 bits per heavy atom. The molecular weight excluding hydrogens is 214 g/mol. The average molecular weight is 223 g/mol. The van der Waals surface area contributed by atoms with Crippen molar-refractivity contribution in [3.05, 3.63) is 34.3 Å². The first kappa shape index (κ1) is 10.4. The van der Waals surface area contributed by atoms with E-state index in [1.165, 1.54) is 18.2 Å². The van der Waals surface area contributed by atoms with E-state index in [0.717, 1.165) is 0 Å². The number of fused-ring (bicyclic) bond motifs is 1. The number of aromatic amines is 1. The van der Waals surface area contributed by atoms with Gasteiger partial charge in [0.2, 0.25) is 0 Å².